The molecule has 1 aromatic rings. The molecule has 2 aliphatic carbocycles. The Morgan fingerprint density at radius 2 is 1.61 bits per heavy atom. The van der Waals surface area contributed by atoms with E-state index < -0.39 is 0 Å². The number of alkyl halides is 2. The summed E-state index contributed by atoms with van der Waals surface area (Å²) in [5.74, 6) is -0.0869. The average molecular weight is 513 g/mol. The number of rotatable bonds is 6. The maximum Gasteiger partial charge on any atom is 0.311 e. The highest BCUT2D eigenvalue weighted by Crippen LogP contribution is 2.60. The van der Waals surface area contributed by atoms with Crippen LogP contribution >= 0.6 is 31.9 Å². The Bertz CT molecular complexity index is 764. The van der Waals surface area contributed by atoms with E-state index in [0.29, 0.717) is 17.9 Å². The van der Waals surface area contributed by atoms with Gasteiger partial charge >= 0.3 is 5.97 Å². The number of unbranched alkanes of at least 4 members (excludes halogenated alkanes) is 2. The highest BCUT2D eigenvalue weighted by Gasteiger charge is 2.66. The number of carbonyl (C=O) groups excluding carboxylic acids is 3. The molecular formula is C21H23Br2NO4. The Balaban J connectivity index is 1.46. The Morgan fingerprint density at radius 1 is 1.04 bits per heavy atom. The zero-order chi connectivity index (χ0) is 20.0. The van der Waals surface area contributed by atoms with E-state index in [1.807, 2.05) is 0 Å². The maximum atomic E-state index is 13.0. The average Bonchev–Trinajstić information content (AvgIpc) is 3.28. The summed E-state index contributed by atoms with van der Waals surface area (Å²) in [5.41, 5.74) is 0.548. The van der Waals surface area contributed by atoms with Crippen molar-refractivity contribution >= 4 is 55.3 Å². The summed E-state index contributed by atoms with van der Waals surface area (Å²) in [4.78, 5) is 39.7. The van der Waals surface area contributed by atoms with Gasteiger partial charge in [0.05, 0.1) is 17.5 Å². The molecule has 150 valence electrons. The number of anilines is 1. The first kappa shape index (κ1) is 20.1. The van der Waals surface area contributed by atoms with E-state index in [0.717, 1.165) is 25.7 Å². The van der Waals surface area contributed by atoms with Crippen LogP contribution in [0, 0.1) is 23.7 Å². The lowest BCUT2D eigenvalue weighted by atomic mass is 9.81. The lowest BCUT2D eigenvalue weighted by Crippen LogP contribution is -2.37. The van der Waals surface area contributed by atoms with Crippen LogP contribution < -0.4 is 9.64 Å². The lowest BCUT2D eigenvalue weighted by molar-refractivity contribution is -0.134. The van der Waals surface area contributed by atoms with Crippen molar-refractivity contribution in [2.75, 3.05) is 4.90 Å². The molecule has 2 saturated carbocycles. The van der Waals surface area contributed by atoms with Crippen LogP contribution in [0.3, 0.4) is 0 Å². The molecular weight excluding hydrogens is 490 g/mol. The van der Waals surface area contributed by atoms with E-state index >= 15 is 0 Å². The number of benzene rings is 1. The fraction of sp³-hybridized carbons (Fsp3) is 0.571. The van der Waals surface area contributed by atoms with Gasteiger partial charge in [-0.25, -0.2) is 0 Å². The van der Waals surface area contributed by atoms with Crippen molar-refractivity contribution in [2.45, 2.75) is 48.7 Å². The molecule has 5 nitrogen and oxygen atoms in total. The lowest BCUT2D eigenvalue weighted by Gasteiger charge is -2.28. The Hall–Kier alpha value is -1.21. The largest absolute Gasteiger partial charge is 0.427 e. The normalized spacial score (nSPS) is 33.5. The molecule has 1 aliphatic heterocycles. The molecule has 0 aromatic heterocycles. The molecule has 6 atom stereocenters. The molecule has 0 unspecified atom stereocenters. The van der Waals surface area contributed by atoms with Gasteiger partial charge in [0, 0.05) is 16.1 Å². The number of hydrogen-bond donors (Lipinski definition) is 0. The third-order valence-corrected chi connectivity index (χ3v) is 9.50. The first-order valence-corrected chi connectivity index (χ1v) is 11.7. The van der Waals surface area contributed by atoms with Gasteiger partial charge in [-0.15, -0.1) is 0 Å². The molecule has 1 heterocycles. The molecule has 7 heteroatoms. The standard InChI is InChI=1S/C21H23Br2NO4/c1-2-3-4-5-15(25)28-12-8-6-11(7-9-12)24-20(26)16-13-10-14(17(16)21(24)27)19(23)18(13)22/h6-9,13-14,16-19H,2-5,10H2,1H3/t13-,14-,16-,17+,18+,19+/m1/s1. The quantitative estimate of drug-likeness (QED) is 0.186. The van der Waals surface area contributed by atoms with Gasteiger partial charge in [-0.05, 0) is 48.9 Å². The SMILES string of the molecule is CCCCCC(=O)Oc1ccc(N2C(=O)[C@@H]3[C@H]4C[C@@H]([C@H](Br)[C@H]4Br)[C@@H]3C2=O)cc1. The number of nitrogens with zero attached hydrogens (tertiary/aromatic N) is 1. The number of imide groups is 1. The summed E-state index contributed by atoms with van der Waals surface area (Å²) in [6, 6.07) is 6.67. The van der Waals surface area contributed by atoms with Crippen LogP contribution in [-0.4, -0.2) is 27.4 Å². The zero-order valence-electron chi connectivity index (χ0n) is 15.6. The Kier molecular flexibility index (Phi) is 5.67. The van der Waals surface area contributed by atoms with E-state index in [-0.39, 0.29) is 51.1 Å². The van der Waals surface area contributed by atoms with Crippen LogP contribution in [0.25, 0.3) is 0 Å². The van der Waals surface area contributed by atoms with Gasteiger partial charge in [0.2, 0.25) is 11.8 Å². The molecule has 0 radical (unpaired) electrons. The van der Waals surface area contributed by atoms with E-state index in [9.17, 15) is 14.4 Å². The summed E-state index contributed by atoms with van der Waals surface area (Å²) < 4.78 is 5.34. The smallest absolute Gasteiger partial charge is 0.311 e. The number of hydrogen-bond acceptors (Lipinski definition) is 4. The first-order chi connectivity index (χ1) is 13.4. The molecule has 4 rings (SSSR count). The van der Waals surface area contributed by atoms with Crippen LogP contribution in [0.4, 0.5) is 5.69 Å². The van der Waals surface area contributed by atoms with E-state index in [4.69, 9.17) is 4.74 Å². The van der Waals surface area contributed by atoms with Crippen LogP contribution in [0.2, 0.25) is 0 Å². The van der Waals surface area contributed by atoms with Crippen molar-refractivity contribution in [2.24, 2.45) is 23.7 Å². The number of esters is 1. The van der Waals surface area contributed by atoms with Crippen molar-refractivity contribution in [3.8, 4) is 5.75 Å². The fourth-order valence-corrected chi connectivity index (χ4v) is 6.84. The summed E-state index contributed by atoms with van der Waals surface area (Å²) in [7, 11) is 0. The van der Waals surface area contributed by atoms with Gasteiger partial charge in [-0.2, -0.15) is 0 Å². The predicted molar refractivity (Wildman–Crippen MR) is 113 cm³/mol. The van der Waals surface area contributed by atoms with Gasteiger partial charge < -0.3 is 4.74 Å². The van der Waals surface area contributed by atoms with Crippen molar-refractivity contribution in [3.05, 3.63) is 24.3 Å². The number of halogens is 2. The highest BCUT2D eigenvalue weighted by molar-refractivity contribution is 9.12. The monoisotopic (exact) mass is 511 g/mol. The molecule has 2 amide bonds. The summed E-state index contributed by atoms with van der Waals surface area (Å²) in [6.07, 6.45) is 4.18. The predicted octanol–water partition coefficient (Wildman–Crippen LogP) is 4.45. The second-order valence-corrected chi connectivity index (χ2v) is 10.1. The van der Waals surface area contributed by atoms with Crippen LogP contribution in [-0.2, 0) is 14.4 Å². The molecule has 3 aliphatic rings. The van der Waals surface area contributed by atoms with Gasteiger partial charge in [0.15, 0.2) is 0 Å². The minimum absolute atomic E-state index is 0.101. The van der Waals surface area contributed by atoms with Crippen molar-refractivity contribution in [1.29, 1.82) is 0 Å². The summed E-state index contributed by atoms with van der Waals surface area (Å²) in [6.45, 7) is 2.08. The van der Waals surface area contributed by atoms with Crippen LogP contribution in [0.15, 0.2) is 24.3 Å². The first-order valence-electron chi connectivity index (χ1n) is 9.90. The number of ether oxygens (including phenoxy) is 1. The van der Waals surface area contributed by atoms with Crippen molar-refractivity contribution in [3.63, 3.8) is 0 Å². The molecule has 0 N–H and O–H groups in total. The van der Waals surface area contributed by atoms with Crippen LogP contribution in [0.5, 0.6) is 5.75 Å². The molecule has 1 aromatic carbocycles. The van der Waals surface area contributed by atoms with Gasteiger partial charge in [-0.3, -0.25) is 19.3 Å². The molecule has 0 spiro atoms. The second-order valence-electron chi connectivity index (χ2n) is 7.94. The maximum absolute atomic E-state index is 13.0. The highest BCUT2D eigenvalue weighted by atomic mass is 79.9. The van der Waals surface area contributed by atoms with Crippen LogP contribution in [0.1, 0.15) is 39.0 Å². The van der Waals surface area contributed by atoms with Gasteiger partial charge in [-0.1, -0.05) is 51.6 Å². The Labute approximate surface area is 181 Å². The third kappa shape index (κ3) is 3.24. The van der Waals surface area contributed by atoms with E-state index in [2.05, 4.69) is 38.8 Å². The molecule has 1 saturated heterocycles. The van der Waals surface area contributed by atoms with E-state index in [1.165, 1.54) is 4.90 Å². The third-order valence-electron chi connectivity index (χ3n) is 6.30. The van der Waals surface area contributed by atoms with Crippen molar-refractivity contribution in [1.82, 2.24) is 0 Å². The number of carbonyl (C=O) groups is 3. The topological polar surface area (TPSA) is 63.7 Å². The molecule has 28 heavy (non-hydrogen) atoms. The Morgan fingerprint density at radius 3 is 2.14 bits per heavy atom. The van der Waals surface area contributed by atoms with Gasteiger partial charge in [0.1, 0.15) is 5.75 Å². The molecule has 2 bridgehead atoms. The fourth-order valence-electron chi connectivity index (χ4n) is 4.97. The van der Waals surface area contributed by atoms with Gasteiger partial charge in [0.25, 0.3) is 0 Å². The number of fused-ring (bicyclic) bond motifs is 5. The zero-order valence-corrected chi connectivity index (χ0v) is 18.8. The minimum Gasteiger partial charge on any atom is -0.427 e. The second kappa shape index (κ2) is 7.90. The molecule has 3 fully saturated rings. The van der Waals surface area contributed by atoms with E-state index in [1.54, 1.807) is 24.3 Å². The van der Waals surface area contributed by atoms with Crippen molar-refractivity contribution < 1.29 is 19.1 Å². The minimum atomic E-state index is -0.257. The summed E-state index contributed by atoms with van der Waals surface area (Å²) in [5, 5.41) is 0. The number of amides is 2. The summed E-state index contributed by atoms with van der Waals surface area (Å²) >= 11 is 7.40.